The number of H-pyrrole nitrogens is 1. The van der Waals surface area contributed by atoms with Crippen molar-refractivity contribution < 1.29 is 4.79 Å². The predicted molar refractivity (Wildman–Crippen MR) is 96.1 cm³/mol. The zero-order valence-corrected chi connectivity index (χ0v) is 13.8. The number of piperazine rings is 1. The van der Waals surface area contributed by atoms with Gasteiger partial charge in [-0.15, -0.1) is 11.3 Å². The summed E-state index contributed by atoms with van der Waals surface area (Å²) in [6.07, 6.45) is 3.71. The highest BCUT2D eigenvalue weighted by Gasteiger charge is 2.21. The lowest BCUT2D eigenvalue weighted by atomic mass is 10.1. The number of hydrogen-bond acceptors (Lipinski definition) is 4. The third-order valence-corrected chi connectivity index (χ3v) is 4.96. The van der Waals surface area contributed by atoms with Crippen LogP contribution in [0.2, 0.25) is 0 Å². The molecule has 1 saturated heterocycles. The van der Waals surface area contributed by atoms with Gasteiger partial charge in [-0.2, -0.15) is 0 Å². The third kappa shape index (κ3) is 2.99. The summed E-state index contributed by atoms with van der Waals surface area (Å²) in [7, 11) is 0. The van der Waals surface area contributed by atoms with Gasteiger partial charge in [0, 0.05) is 66.3 Å². The first-order chi connectivity index (χ1) is 11.8. The molecule has 2 aromatic heterocycles. The first kappa shape index (κ1) is 14.8. The van der Waals surface area contributed by atoms with Crippen LogP contribution in [0.5, 0.6) is 0 Å². The summed E-state index contributed by atoms with van der Waals surface area (Å²) < 4.78 is 0. The van der Waals surface area contributed by atoms with Crippen LogP contribution in [0.4, 0.5) is 5.13 Å². The van der Waals surface area contributed by atoms with Crippen molar-refractivity contribution in [3.8, 4) is 11.8 Å². The number of carbonyl (C=O) groups excluding carboxylic acids is 1. The second-order valence-corrected chi connectivity index (χ2v) is 6.50. The molecule has 0 saturated carbocycles. The van der Waals surface area contributed by atoms with E-state index in [1.165, 1.54) is 0 Å². The number of aromatic amines is 1. The summed E-state index contributed by atoms with van der Waals surface area (Å²) in [5.74, 6) is 5.65. The Hall–Kier alpha value is -2.78. The molecular weight excluding hydrogens is 320 g/mol. The largest absolute Gasteiger partial charge is 0.361 e. The van der Waals surface area contributed by atoms with Gasteiger partial charge >= 0.3 is 0 Å². The molecule has 3 aromatic rings. The van der Waals surface area contributed by atoms with Gasteiger partial charge in [-0.25, -0.2) is 4.98 Å². The number of aromatic nitrogens is 2. The number of thiazole rings is 1. The van der Waals surface area contributed by atoms with E-state index in [0.29, 0.717) is 13.1 Å². The van der Waals surface area contributed by atoms with Crippen molar-refractivity contribution in [2.75, 3.05) is 31.1 Å². The van der Waals surface area contributed by atoms with Gasteiger partial charge in [-0.05, 0) is 24.3 Å². The predicted octanol–water partition coefficient (Wildman–Crippen LogP) is 2.32. The van der Waals surface area contributed by atoms with Gasteiger partial charge in [0.05, 0.1) is 0 Å². The number of carbonyl (C=O) groups is 1. The van der Waals surface area contributed by atoms with Crippen LogP contribution in [0.25, 0.3) is 10.9 Å². The molecular formula is C18H16N4OS. The summed E-state index contributed by atoms with van der Waals surface area (Å²) in [4.78, 5) is 23.8. The number of hydrogen-bond donors (Lipinski definition) is 1. The van der Waals surface area contributed by atoms with Crippen LogP contribution in [-0.2, 0) is 4.79 Å². The summed E-state index contributed by atoms with van der Waals surface area (Å²) in [6.45, 7) is 2.97. The topological polar surface area (TPSA) is 52.2 Å². The van der Waals surface area contributed by atoms with Crippen LogP contribution in [0.1, 0.15) is 5.56 Å². The molecule has 5 nitrogen and oxygen atoms in total. The molecule has 1 N–H and O–H groups in total. The van der Waals surface area contributed by atoms with Gasteiger partial charge in [0.15, 0.2) is 5.13 Å². The molecule has 0 atom stereocenters. The molecule has 1 fully saturated rings. The molecule has 1 aromatic carbocycles. The molecule has 6 heteroatoms. The minimum absolute atomic E-state index is 0.108. The molecule has 1 amide bonds. The third-order valence-electron chi connectivity index (χ3n) is 4.12. The SMILES string of the molecule is O=C(C#Cc1ccc2[nH]ccc2c1)N1CCN(c2nccs2)CC1. The Morgan fingerprint density at radius 1 is 1.21 bits per heavy atom. The fourth-order valence-corrected chi connectivity index (χ4v) is 3.51. The quantitative estimate of drug-likeness (QED) is 0.694. The van der Waals surface area contributed by atoms with Gasteiger partial charge in [0.25, 0.3) is 5.91 Å². The van der Waals surface area contributed by atoms with E-state index >= 15 is 0 Å². The zero-order chi connectivity index (χ0) is 16.4. The Balaban J connectivity index is 1.40. The fourth-order valence-electron chi connectivity index (χ4n) is 2.81. The smallest absolute Gasteiger partial charge is 0.298 e. The number of nitrogens with zero attached hydrogens (tertiary/aromatic N) is 3. The van der Waals surface area contributed by atoms with Crippen molar-refractivity contribution in [3.05, 3.63) is 47.6 Å². The molecule has 0 unspecified atom stereocenters. The lowest BCUT2D eigenvalue weighted by Crippen LogP contribution is -2.48. The number of benzene rings is 1. The summed E-state index contributed by atoms with van der Waals surface area (Å²) >= 11 is 1.63. The first-order valence-corrected chi connectivity index (χ1v) is 8.70. The molecule has 0 bridgehead atoms. The normalized spacial score (nSPS) is 14.5. The molecule has 0 aliphatic carbocycles. The van der Waals surface area contributed by atoms with Crippen LogP contribution < -0.4 is 4.90 Å². The number of rotatable bonds is 1. The van der Waals surface area contributed by atoms with Crippen LogP contribution >= 0.6 is 11.3 Å². The highest BCUT2D eigenvalue weighted by atomic mass is 32.1. The number of nitrogens with one attached hydrogen (secondary N) is 1. The highest BCUT2D eigenvalue weighted by Crippen LogP contribution is 2.19. The van der Waals surface area contributed by atoms with Gasteiger partial charge < -0.3 is 14.8 Å². The standard InChI is InChI=1S/C18H16N4OS/c23-17(4-2-14-1-3-16-15(13-14)5-6-19-16)21-8-10-22(11-9-21)18-20-7-12-24-18/h1,3,5-7,12-13,19H,8-11H2. The van der Waals surface area contributed by atoms with E-state index in [9.17, 15) is 4.79 Å². The van der Waals surface area contributed by atoms with Crippen LogP contribution in [-0.4, -0.2) is 47.0 Å². The van der Waals surface area contributed by atoms with Gasteiger partial charge in [-0.1, -0.05) is 5.92 Å². The van der Waals surface area contributed by atoms with E-state index in [0.717, 1.165) is 34.7 Å². The van der Waals surface area contributed by atoms with Gasteiger partial charge in [0.1, 0.15) is 0 Å². The maximum absolute atomic E-state index is 12.3. The number of anilines is 1. The second-order valence-electron chi connectivity index (χ2n) is 5.62. The maximum atomic E-state index is 12.3. The van der Waals surface area contributed by atoms with E-state index in [-0.39, 0.29) is 5.91 Å². The maximum Gasteiger partial charge on any atom is 0.298 e. The molecule has 120 valence electrons. The van der Waals surface area contributed by atoms with Crippen molar-refractivity contribution in [1.82, 2.24) is 14.9 Å². The highest BCUT2D eigenvalue weighted by molar-refractivity contribution is 7.13. The minimum atomic E-state index is -0.108. The average Bonchev–Trinajstić information content (AvgIpc) is 3.31. The number of amides is 1. The summed E-state index contributed by atoms with van der Waals surface area (Å²) in [6, 6.07) is 7.91. The van der Waals surface area contributed by atoms with Crippen LogP contribution in [0, 0.1) is 11.8 Å². The van der Waals surface area contributed by atoms with E-state index in [4.69, 9.17) is 0 Å². The van der Waals surface area contributed by atoms with Crippen molar-refractivity contribution in [1.29, 1.82) is 0 Å². The Kier molecular flexibility index (Phi) is 3.93. The van der Waals surface area contributed by atoms with Gasteiger partial charge in [-0.3, -0.25) is 4.79 Å². The Morgan fingerprint density at radius 3 is 2.88 bits per heavy atom. The van der Waals surface area contributed by atoms with Crippen molar-refractivity contribution >= 4 is 33.3 Å². The van der Waals surface area contributed by atoms with E-state index in [1.54, 1.807) is 11.3 Å². The molecule has 0 spiro atoms. The Morgan fingerprint density at radius 2 is 2.08 bits per heavy atom. The molecule has 1 aliphatic rings. The molecule has 0 radical (unpaired) electrons. The molecule has 1 aliphatic heterocycles. The Labute approximate surface area is 143 Å². The van der Waals surface area contributed by atoms with Crippen LogP contribution in [0.15, 0.2) is 42.0 Å². The van der Waals surface area contributed by atoms with E-state index < -0.39 is 0 Å². The minimum Gasteiger partial charge on any atom is -0.361 e. The van der Waals surface area contributed by atoms with Crippen molar-refractivity contribution in [2.45, 2.75) is 0 Å². The van der Waals surface area contributed by atoms with Crippen molar-refractivity contribution in [3.63, 3.8) is 0 Å². The summed E-state index contributed by atoms with van der Waals surface area (Å²) in [5.41, 5.74) is 1.93. The van der Waals surface area contributed by atoms with Crippen LogP contribution in [0.3, 0.4) is 0 Å². The fraction of sp³-hybridized carbons (Fsp3) is 0.222. The molecule has 24 heavy (non-hydrogen) atoms. The monoisotopic (exact) mass is 336 g/mol. The lowest BCUT2D eigenvalue weighted by molar-refractivity contribution is -0.125. The van der Waals surface area contributed by atoms with E-state index in [2.05, 4.69) is 26.7 Å². The molecule has 4 rings (SSSR count). The van der Waals surface area contributed by atoms with Gasteiger partial charge in [0.2, 0.25) is 0 Å². The second kappa shape index (κ2) is 6.38. The van der Waals surface area contributed by atoms with E-state index in [1.807, 2.05) is 46.9 Å². The summed E-state index contributed by atoms with van der Waals surface area (Å²) in [5, 5.41) is 4.10. The molecule has 3 heterocycles. The first-order valence-electron chi connectivity index (χ1n) is 7.82. The average molecular weight is 336 g/mol. The zero-order valence-electron chi connectivity index (χ0n) is 13.0. The van der Waals surface area contributed by atoms with Crippen molar-refractivity contribution in [2.24, 2.45) is 0 Å². The lowest BCUT2D eigenvalue weighted by Gasteiger charge is -2.33. The Bertz CT molecular complexity index is 911. The number of fused-ring (bicyclic) bond motifs is 1.